The second kappa shape index (κ2) is 9.19. The Balaban J connectivity index is 1.46. The van der Waals surface area contributed by atoms with Gasteiger partial charge in [-0.15, -0.1) is 0 Å². The Morgan fingerprint density at radius 2 is 1.15 bits per heavy atom. The lowest BCUT2D eigenvalue weighted by atomic mass is 9.80. The molecule has 0 atom stereocenters. The fourth-order valence-corrected chi connectivity index (χ4v) is 7.25. The van der Waals surface area contributed by atoms with E-state index in [9.17, 15) is 9.60 Å². The molecule has 0 saturated heterocycles. The zero-order valence-electron chi connectivity index (χ0n) is 39.6. The summed E-state index contributed by atoms with van der Waals surface area (Å²) in [6, 6.07) is 8.06. The minimum absolute atomic E-state index is 0.00517. The largest absolute Gasteiger partial charge is 0.456 e. The molecule has 9 aromatic rings. The molecule has 216 valence electrons. The molecule has 0 amide bonds. The summed E-state index contributed by atoms with van der Waals surface area (Å²) in [5.41, 5.74) is 3.04. The van der Waals surface area contributed by atoms with Crippen molar-refractivity contribution in [2.45, 2.75) is 19.3 Å². The summed E-state index contributed by atoms with van der Waals surface area (Å²) in [5.74, 6) is 0. The van der Waals surface area contributed by atoms with Crippen LogP contribution in [0.25, 0.3) is 87.6 Å². The molecule has 0 radical (unpaired) electrons. The van der Waals surface area contributed by atoms with Crippen molar-refractivity contribution in [3.05, 3.63) is 156 Å². The number of hydrogen-bond acceptors (Lipinski definition) is 1. The molecule has 10 rings (SSSR count). The predicted molar refractivity (Wildman–Crippen MR) is 195 cm³/mol. The van der Waals surface area contributed by atoms with Crippen LogP contribution in [0.1, 0.15) is 45.5 Å². The quantitative estimate of drug-likeness (QED) is 0.180. The normalized spacial score (nSPS) is 18.2. The van der Waals surface area contributed by atoms with Gasteiger partial charge in [0.05, 0.1) is 20.6 Å². The first-order valence-corrected chi connectivity index (χ1v) is 14.9. The molecule has 1 aliphatic carbocycles. The lowest BCUT2D eigenvalue weighted by molar-refractivity contribution is 0.660. The molecule has 1 heterocycles. The molecule has 46 heavy (non-hydrogen) atoms. The fraction of sp³-hybridized carbons (Fsp3) is 0.0667. The van der Waals surface area contributed by atoms with Crippen molar-refractivity contribution in [1.82, 2.24) is 0 Å². The van der Waals surface area contributed by atoms with Crippen molar-refractivity contribution in [2.24, 2.45) is 0 Å². The predicted octanol–water partition coefficient (Wildman–Crippen LogP) is 12.7. The molecule has 0 bridgehead atoms. The maximum absolute atomic E-state index is 9.87. The number of furan rings is 1. The van der Waals surface area contributed by atoms with Crippen LogP contribution in [0.3, 0.4) is 0 Å². The third kappa shape index (κ3) is 3.40. The molecule has 0 aliphatic heterocycles. The zero-order chi connectivity index (χ0) is 43.6. The van der Waals surface area contributed by atoms with Gasteiger partial charge < -0.3 is 4.42 Å². The van der Waals surface area contributed by atoms with Crippen LogP contribution in [-0.2, 0) is 5.41 Å². The first-order valence-electron chi connectivity index (χ1n) is 22.4. The Morgan fingerprint density at radius 1 is 0.522 bits per heavy atom. The van der Waals surface area contributed by atoms with Crippen molar-refractivity contribution in [2.75, 3.05) is 0 Å². The van der Waals surface area contributed by atoms with Gasteiger partial charge in [-0.3, -0.25) is 0 Å². The third-order valence-corrected chi connectivity index (χ3v) is 9.35. The van der Waals surface area contributed by atoms with E-state index in [2.05, 4.69) is 13.8 Å². The van der Waals surface area contributed by atoms with E-state index < -0.39 is 90.0 Å². The highest BCUT2D eigenvalue weighted by atomic mass is 16.3. The summed E-state index contributed by atoms with van der Waals surface area (Å²) >= 11 is 0. The van der Waals surface area contributed by atoms with Crippen LogP contribution in [0.5, 0.6) is 0 Å². The van der Waals surface area contributed by atoms with E-state index in [0.29, 0.717) is 5.56 Å². The number of rotatable bonds is 2. The molecule has 1 heteroatoms. The first kappa shape index (κ1) is 15.1. The second-order valence-electron chi connectivity index (χ2n) is 12.1. The summed E-state index contributed by atoms with van der Waals surface area (Å²) in [6.07, 6.45) is 0. The molecule has 1 aromatic heterocycles. The Labute approximate surface area is 288 Å². The molecule has 1 nitrogen and oxygen atoms in total. The van der Waals surface area contributed by atoms with Gasteiger partial charge in [-0.05, 0) is 101 Å². The lowest BCUT2D eigenvalue weighted by Crippen LogP contribution is -2.14. The highest BCUT2D eigenvalue weighted by Gasteiger charge is 2.35. The Bertz CT molecular complexity index is 3490. The minimum Gasteiger partial charge on any atom is -0.456 e. The smallest absolute Gasteiger partial charge is 0.136 e. The van der Waals surface area contributed by atoms with Gasteiger partial charge in [-0.25, -0.2) is 0 Å². The zero-order valence-corrected chi connectivity index (χ0v) is 24.6. The average Bonchev–Trinajstić information content (AvgIpc) is 3.75. The fourth-order valence-electron chi connectivity index (χ4n) is 7.25. The average molecular weight is 602 g/mol. The van der Waals surface area contributed by atoms with Gasteiger partial charge in [0, 0.05) is 16.2 Å². The molecular weight excluding hydrogens is 556 g/mol. The lowest BCUT2D eigenvalue weighted by Gasteiger charge is -2.23. The monoisotopic (exact) mass is 601 g/mol. The van der Waals surface area contributed by atoms with Gasteiger partial charge in [0.1, 0.15) is 11.2 Å². The van der Waals surface area contributed by atoms with Crippen LogP contribution < -0.4 is 0 Å². The van der Waals surface area contributed by atoms with Crippen molar-refractivity contribution >= 4 is 54.3 Å². The van der Waals surface area contributed by atoms with Crippen molar-refractivity contribution < 1.29 is 25.0 Å². The highest BCUT2D eigenvalue weighted by Crippen LogP contribution is 2.51. The first-order chi connectivity index (χ1) is 28.8. The van der Waals surface area contributed by atoms with E-state index in [1.54, 1.807) is 6.07 Å². The van der Waals surface area contributed by atoms with E-state index in [1.165, 1.54) is 12.1 Å². The number of fused-ring (bicyclic) bond motifs is 10. The molecule has 0 unspecified atom stereocenters. The molecule has 1 aliphatic rings. The third-order valence-electron chi connectivity index (χ3n) is 9.35. The highest BCUT2D eigenvalue weighted by molar-refractivity contribution is 6.23. The van der Waals surface area contributed by atoms with E-state index in [0.717, 1.165) is 22.3 Å². The standard InChI is InChI=1S/C45H30O/c1-45(2)38-18-10-9-13-31(38)32-22-19-29(26-39(32)45)43-35-16-7-5-14-33(35)42(34-15-6-8-17-36(34)43)28-21-23-40-37(25-28)44-30-12-4-3-11-27(30)20-24-41(44)46-40/h3-26H,1-2H3/i3D,4D,5D,6D,7D,8D,11D,12D,14D,15D,16D,17D,21D,23D,25D. The summed E-state index contributed by atoms with van der Waals surface area (Å²) < 4.78 is 142. The van der Waals surface area contributed by atoms with Gasteiger partial charge in [-0.1, -0.05) is 135 Å². The number of benzene rings is 8. The van der Waals surface area contributed by atoms with E-state index in [4.69, 9.17) is 15.4 Å². The maximum atomic E-state index is 9.87. The topological polar surface area (TPSA) is 13.1 Å². The van der Waals surface area contributed by atoms with Gasteiger partial charge in [0.2, 0.25) is 0 Å². The van der Waals surface area contributed by atoms with Crippen LogP contribution in [0.15, 0.2) is 150 Å². The summed E-state index contributed by atoms with van der Waals surface area (Å²) in [5, 5.41) is -0.669. The molecule has 0 saturated carbocycles. The van der Waals surface area contributed by atoms with Crippen molar-refractivity contribution in [3.63, 3.8) is 0 Å². The van der Waals surface area contributed by atoms with Gasteiger partial charge >= 0.3 is 0 Å². The Morgan fingerprint density at radius 3 is 1.89 bits per heavy atom. The van der Waals surface area contributed by atoms with Gasteiger partial charge in [0.25, 0.3) is 0 Å². The van der Waals surface area contributed by atoms with Crippen LogP contribution in [0, 0.1) is 0 Å². The Kier molecular flexibility index (Phi) is 3.01. The summed E-state index contributed by atoms with van der Waals surface area (Å²) in [7, 11) is 0. The van der Waals surface area contributed by atoms with Crippen molar-refractivity contribution in [1.29, 1.82) is 0 Å². The molecular formula is C45H30O. The van der Waals surface area contributed by atoms with Crippen LogP contribution >= 0.6 is 0 Å². The van der Waals surface area contributed by atoms with E-state index in [-0.39, 0.29) is 77.0 Å². The molecule has 0 spiro atoms. The molecule has 0 N–H and O–H groups in total. The Hall–Kier alpha value is -5.66. The van der Waals surface area contributed by atoms with Gasteiger partial charge in [0.15, 0.2) is 0 Å². The SMILES string of the molecule is [2H]c1c([2H])c([2H])c2c(ccc3oc4c([2H])c([2H])c(-c5c6c([2H])c([2H])c([2H])c([2H])c6c(-c6ccc7c(c6)C(C)(C)c6ccccc6-7)c6c([2H])c([2H])c([2H])c([2H])c56)c([2H])c4c32)c1[2H]. The van der Waals surface area contributed by atoms with Gasteiger partial charge in [-0.2, -0.15) is 0 Å². The molecule has 8 aromatic carbocycles. The maximum Gasteiger partial charge on any atom is 0.136 e. The van der Waals surface area contributed by atoms with Crippen LogP contribution in [0.2, 0.25) is 0 Å². The minimum atomic E-state index is -0.670. The van der Waals surface area contributed by atoms with E-state index >= 15 is 0 Å². The second-order valence-corrected chi connectivity index (χ2v) is 12.1. The van der Waals surface area contributed by atoms with E-state index in [1.807, 2.05) is 36.4 Å². The van der Waals surface area contributed by atoms with Crippen LogP contribution in [0.4, 0.5) is 0 Å². The number of hydrogen-bond donors (Lipinski definition) is 0. The van der Waals surface area contributed by atoms with Crippen LogP contribution in [-0.4, -0.2) is 0 Å². The molecule has 0 fully saturated rings. The summed E-state index contributed by atoms with van der Waals surface area (Å²) in [4.78, 5) is 0. The van der Waals surface area contributed by atoms with Crippen molar-refractivity contribution in [3.8, 4) is 33.4 Å². The summed E-state index contributed by atoms with van der Waals surface area (Å²) in [6.45, 7) is 4.13.